The van der Waals surface area contributed by atoms with Crippen molar-refractivity contribution in [3.05, 3.63) is 28.5 Å². The summed E-state index contributed by atoms with van der Waals surface area (Å²) in [5.41, 5.74) is -1.07. The predicted molar refractivity (Wildman–Crippen MR) is 52.3 cm³/mol. The SMILES string of the molecule is Fc1ccnc(-c2nc(Br)c(C(F)(F)F)[nH]2)n1. The smallest absolute Gasteiger partial charge is 0.331 e. The highest BCUT2D eigenvalue weighted by atomic mass is 79.9. The highest BCUT2D eigenvalue weighted by Crippen LogP contribution is 2.34. The minimum atomic E-state index is -4.59. The molecule has 0 saturated heterocycles. The van der Waals surface area contributed by atoms with Crippen molar-refractivity contribution in [2.24, 2.45) is 0 Å². The molecule has 90 valence electrons. The lowest BCUT2D eigenvalue weighted by Gasteiger charge is -2.02. The Morgan fingerprint density at radius 2 is 1.94 bits per heavy atom. The summed E-state index contributed by atoms with van der Waals surface area (Å²) in [5.74, 6) is -1.36. The van der Waals surface area contributed by atoms with Crippen molar-refractivity contribution < 1.29 is 17.6 Å². The number of nitrogens with zero attached hydrogens (tertiary/aromatic N) is 3. The van der Waals surface area contributed by atoms with Gasteiger partial charge in [0.2, 0.25) is 5.95 Å². The van der Waals surface area contributed by atoms with E-state index in [0.717, 1.165) is 12.3 Å². The zero-order chi connectivity index (χ0) is 12.6. The van der Waals surface area contributed by atoms with E-state index < -0.39 is 22.4 Å². The molecule has 0 bridgehead atoms. The van der Waals surface area contributed by atoms with Crippen LogP contribution in [0.2, 0.25) is 0 Å². The van der Waals surface area contributed by atoms with Crippen LogP contribution in [0.4, 0.5) is 17.6 Å². The van der Waals surface area contributed by atoms with Crippen molar-refractivity contribution >= 4 is 15.9 Å². The molecule has 2 aromatic rings. The second-order valence-electron chi connectivity index (χ2n) is 2.95. The lowest BCUT2D eigenvalue weighted by Crippen LogP contribution is -2.06. The number of nitrogens with one attached hydrogen (secondary N) is 1. The first-order valence-electron chi connectivity index (χ1n) is 4.19. The van der Waals surface area contributed by atoms with Gasteiger partial charge in [-0.05, 0) is 15.9 Å². The molecule has 0 aromatic carbocycles. The van der Waals surface area contributed by atoms with Gasteiger partial charge in [-0.15, -0.1) is 0 Å². The van der Waals surface area contributed by atoms with E-state index in [0.29, 0.717) is 0 Å². The molecule has 0 radical (unpaired) electrons. The number of halogens is 5. The molecular weight excluding hydrogens is 308 g/mol. The number of aromatic nitrogens is 4. The van der Waals surface area contributed by atoms with Crippen molar-refractivity contribution in [3.63, 3.8) is 0 Å². The number of hydrogen-bond acceptors (Lipinski definition) is 3. The molecule has 0 aliphatic carbocycles. The van der Waals surface area contributed by atoms with Crippen molar-refractivity contribution in [2.75, 3.05) is 0 Å². The van der Waals surface area contributed by atoms with Crippen LogP contribution in [0.3, 0.4) is 0 Å². The number of alkyl halides is 3. The van der Waals surface area contributed by atoms with E-state index in [-0.39, 0.29) is 11.6 Å². The highest BCUT2D eigenvalue weighted by molar-refractivity contribution is 9.10. The molecule has 0 aliphatic heterocycles. The Kier molecular flexibility index (Phi) is 2.86. The molecule has 0 saturated carbocycles. The molecule has 2 heterocycles. The van der Waals surface area contributed by atoms with Crippen molar-refractivity contribution in [1.82, 2.24) is 19.9 Å². The fourth-order valence-electron chi connectivity index (χ4n) is 1.10. The van der Waals surface area contributed by atoms with Gasteiger partial charge in [0.1, 0.15) is 4.60 Å². The van der Waals surface area contributed by atoms with Gasteiger partial charge in [-0.3, -0.25) is 0 Å². The first kappa shape index (κ1) is 12.0. The molecule has 1 N–H and O–H groups in total. The molecule has 0 fully saturated rings. The molecule has 17 heavy (non-hydrogen) atoms. The number of rotatable bonds is 1. The van der Waals surface area contributed by atoms with E-state index in [1.165, 1.54) is 0 Å². The summed E-state index contributed by atoms with van der Waals surface area (Å²) in [6.45, 7) is 0. The maximum absolute atomic E-state index is 12.8. The molecule has 0 amide bonds. The van der Waals surface area contributed by atoms with Crippen LogP contribution in [0, 0.1) is 5.95 Å². The molecule has 0 unspecified atom stereocenters. The Morgan fingerprint density at radius 1 is 1.24 bits per heavy atom. The van der Waals surface area contributed by atoms with Gasteiger partial charge in [0.25, 0.3) is 0 Å². The summed E-state index contributed by atoms with van der Waals surface area (Å²) in [5, 5.41) is 0. The van der Waals surface area contributed by atoms with Crippen LogP contribution in [0.25, 0.3) is 11.6 Å². The third-order valence-electron chi connectivity index (χ3n) is 1.78. The molecule has 0 atom stereocenters. The highest BCUT2D eigenvalue weighted by Gasteiger charge is 2.36. The summed E-state index contributed by atoms with van der Waals surface area (Å²) in [7, 11) is 0. The topological polar surface area (TPSA) is 54.5 Å². The summed E-state index contributed by atoms with van der Waals surface area (Å²) in [6.07, 6.45) is -3.50. The van der Waals surface area contributed by atoms with E-state index in [1.807, 2.05) is 4.98 Å². The second-order valence-corrected chi connectivity index (χ2v) is 3.70. The largest absolute Gasteiger partial charge is 0.433 e. The maximum atomic E-state index is 12.8. The van der Waals surface area contributed by atoms with Crippen molar-refractivity contribution in [3.8, 4) is 11.6 Å². The first-order chi connectivity index (χ1) is 7.88. The number of hydrogen-bond donors (Lipinski definition) is 1. The molecule has 0 spiro atoms. The Balaban J connectivity index is 2.49. The normalized spacial score (nSPS) is 11.8. The third kappa shape index (κ3) is 2.43. The molecule has 2 rings (SSSR count). The predicted octanol–water partition coefficient (Wildman–Crippen LogP) is 2.79. The van der Waals surface area contributed by atoms with E-state index >= 15 is 0 Å². The first-order valence-corrected chi connectivity index (χ1v) is 4.99. The summed E-state index contributed by atoms with van der Waals surface area (Å²) >= 11 is 2.66. The van der Waals surface area contributed by atoms with Crippen LogP contribution < -0.4 is 0 Å². The van der Waals surface area contributed by atoms with Gasteiger partial charge in [0, 0.05) is 12.3 Å². The van der Waals surface area contributed by atoms with E-state index in [2.05, 4.69) is 30.9 Å². The Morgan fingerprint density at radius 3 is 2.47 bits per heavy atom. The van der Waals surface area contributed by atoms with Crippen LogP contribution in [-0.4, -0.2) is 19.9 Å². The number of H-pyrrole nitrogens is 1. The molecule has 9 heteroatoms. The van der Waals surface area contributed by atoms with Crippen LogP contribution in [-0.2, 0) is 6.18 Å². The van der Waals surface area contributed by atoms with E-state index in [4.69, 9.17) is 0 Å². The van der Waals surface area contributed by atoms with Gasteiger partial charge >= 0.3 is 6.18 Å². The fraction of sp³-hybridized carbons (Fsp3) is 0.125. The lowest BCUT2D eigenvalue weighted by molar-refractivity contribution is -0.141. The van der Waals surface area contributed by atoms with Gasteiger partial charge in [-0.2, -0.15) is 22.5 Å². The quantitative estimate of drug-likeness (QED) is 0.651. The fourth-order valence-corrected chi connectivity index (χ4v) is 1.60. The number of imidazole rings is 1. The Bertz CT molecular complexity index is 551. The minimum absolute atomic E-state index is 0.249. The van der Waals surface area contributed by atoms with Gasteiger partial charge in [-0.1, -0.05) is 0 Å². The third-order valence-corrected chi connectivity index (χ3v) is 2.35. The van der Waals surface area contributed by atoms with Crippen LogP contribution >= 0.6 is 15.9 Å². The molecule has 2 aromatic heterocycles. The van der Waals surface area contributed by atoms with Crippen molar-refractivity contribution in [2.45, 2.75) is 6.18 Å². The second kappa shape index (κ2) is 4.06. The van der Waals surface area contributed by atoms with Gasteiger partial charge in [0.05, 0.1) is 0 Å². The molecule has 4 nitrogen and oxygen atoms in total. The Labute approximate surface area is 100 Å². The van der Waals surface area contributed by atoms with Crippen LogP contribution in [0.1, 0.15) is 5.69 Å². The zero-order valence-corrected chi connectivity index (χ0v) is 9.47. The van der Waals surface area contributed by atoms with Gasteiger partial charge < -0.3 is 4.98 Å². The van der Waals surface area contributed by atoms with Crippen molar-refractivity contribution in [1.29, 1.82) is 0 Å². The lowest BCUT2D eigenvalue weighted by atomic mass is 10.5. The summed E-state index contributed by atoms with van der Waals surface area (Å²) in [6, 6.07) is 0.978. The van der Waals surface area contributed by atoms with E-state index in [1.54, 1.807) is 0 Å². The minimum Gasteiger partial charge on any atom is -0.331 e. The van der Waals surface area contributed by atoms with Crippen LogP contribution in [0.5, 0.6) is 0 Å². The zero-order valence-electron chi connectivity index (χ0n) is 7.89. The standard InChI is InChI=1S/C8H3BrF4N4/c9-5-4(8(11,12)13)16-7(17-5)6-14-2-1-3(10)15-6/h1-2H,(H,16,17). The van der Waals surface area contributed by atoms with Crippen LogP contribution in [0.15, 0.2) is 16.9 Å². The van der Waals surface area contributed by atoms with Gasteiger partial charge in [-0.25, -0.2) is 9.97 Å². The molecular formula is C8H3BrF4N4. The van der Waals surface area contributed by atoms with Gasteiger partial charge in [0.15, 0.2) is 17.3 Å². The molecule has 0 aliphatic rings. The maximum Gasteiger partial charge on any atom is 0.433 e. The van der Waals surface area contributed by atoms with E-state index in [9.17, 15) is 17.6 Å². The summed E-state index contributed by atoms with van der Waals surface area (Å²) < 4.78 is 49.7. The summed E-state index contributed by atoms with van der Waals surface area (Å²) in [4.78, 5) is 12.5. The average Bonchev–Trinajstić information content (AvgIpc) is 2.60. The number of aromatic amines is 1. The average molecular weight is 311 g/mol. The monoisotopic (exact) mass is 310 g/mol. The Hall–Kier alpha value is -1.51.